The lowest BCUT2D eigenvalue weighted by Gasteiger charge is -2.09. The van der Waals surface area contributed by atoms with Crippen molar-refractivity contribution in [1.82, 2.24) is 9.55 Å². The van der Waals surface area contributed by atoms with Crippen molar-refractivity contribution < 1.29 is 4.79 Å². The van der Waals surface area contributed by atoms with Crippen molar-refractivity contribution in [2.45, 2.75) is 18.1 Å². The van der Waals surface area contributed by atoms with Gasteiger partial charge >= 0.3 is 0 Å². The summed E-state index contributed by atoms with van der Waals surface area (Å²) in [6.07, 6.45) is 0.910. The zero-order valence-electron chi connectivity index (χ0n) is 15.2. The van der Waals surface area contributed by atoms with Crippen LogP contribution in [0.15, 0.2) is 84.0 Å². The zero-order chi connectivity index (χ0) is 19.3. The van der Waals surface area contributed by atoms with E-state index in [1.54, 1.807) is 12.1 Å². The molecule has 0 unspecified atom stereocenters. The van der Waals surface area contributed by atoms with E-state index in [2.05, 4.69) is 34.9 Å². The number of fused-ring (bicyclic) bond motifs is 1. The third kappa shape index (κ3) is 4.13. The number of nitrogens with zero attached hydrogens (tertiary/aromatic N) is 2. The predicted octanol–water partition coefficient (Wildman–Crippen LogP) is 5.91. The summed E-state index contributed by atoms with van der Waals surface area (Å²) >= 11 is 7.63. The van der Waals surface area contributed by atoms with Crippen molar-refractivity contribution in [2.75, 3.05) is 5.75 Å². The van der Waals surface area contributed by atoms with E-state index in [1.165, 1.54) is 17.3 Å². The first kappa shape index (κ1) is 18.8. The van der Waals surface area contributed by atoms with Crippen molar-refractivity contribution in [3.8, 4) is 0 Å². The maximum Gasteiger partial charge on any atom is 0.174 e. The second-order valence-corrected chi connectivity index (χ2v) is 7.81. The van der Waals surface area contributed by atoms with E-state index >= 15 is 0 Å². The first-order valence-electron chi connectivity index (χ1n) is 9.12. The number of benzene rings is 3. The Morgan fingerprint density at radius 2 is 1.64 bits per heavy atom. The number of imidazole rings is 1. The van der Waals surface area contributed by atoms with E-state index in [9.17, 15) is 4.79 Å². The van der Waals surface area contributed by atoms with Crippen LogP contribution in [0.4, 0.5) is 0 Å². The number of para-hydroxylation sites is 2. The molecule has 0 saturated heterocycles. The van der Waals surface area contributed by atoms with Crippen molar-refractivity contribution in [2.24, 2.45) is 0 Å². The molecule has 0 fully saturated rings. The lowest BCUT2D eigenvalue weighted by Crippen LogP contribution is -2.07. The summed E-state index contributed by atoms with van der Waals surface area (Å²) < 4.78 is 2.20. The molecule has 1 heterocycles. The minimum absolute atomic E-state index is 0.0114. The first-order valence-corrected chi connectivity index (χ1v) is 10.5. The van der Waals surface area contributed by atoms with Crippen LogP contribution < -0.4 is 0 Å². The minimum Gasteiger partial charge on any atom is -0.319 e. The lowest BCUT2D eigenvalue weighted by molar-refractivity contribution is 0.102. The average Bonchev–Trinajstić information content (AvgIpc) is 3.09. The van der Waals surface area contributed by atoms with E-state index in [1.807, 2.05) is 36.4 Å². The maximum atomic E-state index is 12.6. The molecule has 0 atom stereocenters. The fourth-order valence-corrected chi connectivity index (χ4v) is 4.33. The van der Waals surface area contributed by atoms with Crippen LogP contribution in [-0.2, 0) is 13.0 Å². The normalized spacial score (nSPS) is 11.0. The van der Waals surface area contributed by atoms with Crippen molar-refractivity contribution in [1.29, 1.82) is 0 Å². The van der Waals surface area contributed by atoms with E-state index in [0.717, 1.165) is 29.2 Å². The van der Waals surface area contributed by atoms with Gasteiger partial charge in [-0.15, -0.1) is 0 Å². The molecule has 28 heavy (non-hydrogen) atoms. The van der Waals surface area contributed by atoms with Gasteiger partial charge in [0.2, 0.25) is 0 Å². The van der Waals surface area contributed by atoms with Gasteiger partial charge < -0.3 is 4.57 Å². The molecular weight excluding hydrogens is 388 g/mol. The molecule has 5 heteroatoms. The van der Waals surface area contributed by atoms with Gasteiger partial charge in [0.1, 0.15) is 0 Å². The molecular formula is C23H19ClN2OS. The minimum atomic E-state index is 0.0114. The number of halogens is 1. The predicted molar refractivity (Wildman–Crippen MR) is 116 cm³/mol. The number of aryl methyl sites for hydroxylation is 2. The molecule has 0 amide bonds. The number of carbonyl (C=O) groups is 1. The summed E-state index contributed by atoms with van der Waals surface area (Å²) in [5, 5.41) is 1.35. The van der Waals surface area contributed by atoms with E-state index in [4.69, 9.17) is 16.6 Å². The van der Waals surface area contributed by atoms with Gasteiger partial charge in [0.05, 0.1) is 21.8 Å². The number of rotatable bonds is 7. The summed E-state index contributed by atoms with van der Waals surface area (Å²) in [6, 6.07) is 25.7. The highest BCUT2D eigenvalue weighted by molar-refractivity contribution is 7.99. The van der Waals surface area contributed by atoms with Gasteiger partial charge in [0.15, 0.2) is 10.9 Å². The van der Waals surface area contributed by atoms with Crippen molar-refractivity contribution >= 4 is 40.2 Å². The Kier molecular flexibility index (Phi) is 5.79. The van der Waals surface area contributed by atoms with Gasteiger partial charge in [-0.25, -0.2) is 4.98 Å². The third-order valence-corrected chi connectivity index (χ3v) is 5.90. The molecule has 0 N–H and O–H groups in total. The number of carbonyl (C=O) groups excluding carboxylic acids is 1. The van der Waals surface area contributed by atoms with Crippen LogP contribution in [0.1, 0.15) is 15.9 Å². The molecule has 4 rings (SSSR count). The van der Waals surface area contributed by atoms with Gasteiger partial charge in [-0.05, 0) is 36.2 Å². The number of aromatic nitrogens is 2. The number of hydrogen-bond acceptors (Lipinski definition) is 3. The summed E-state index contributed by atoms with van der Waals surface area (Å²) in [4.78, 5) is 17.4. The summed E-state index contributed by atoms with van der Waals surface area (Å²) in [7, 11) is 0. The molecule has 1 aromatic heterocycles. The Morgan fingerprint density at radius 3 is 2.46 bits per heavy atom. The Bertz CT molecular complexity index is 1110. The van der Waals surface area contributed by atoms with Crippen LogP contribution in [0.3, 0.4) is 0 Å². The van der Waals surface area contributed by atoms with Gasteiger partial charge in [0, 0.05) is 12.1 Å². The molecule has 3 aromatic carbocycles. The van der Waals surface area contributed by atoms with Crippen molar-refractivity contribution in [3.63, 3.8) is 0 Å². The summed E-state index contributed by atoms with van der Waals surface area (Å²) in [5.41, 5.74) is 3.88. The molecule has 4 aromatic rings. The molecule has 0 radical (unpaired) electrons. The molecule has 3 nitrogen and oxygen atoms in total. The van der Waals surface area contributed by atoms with Gasteiger partial charge in [-0.3, -0.25) is 4.79 Å². The zero-order valence-corrected chi connectivity index (χ0v) is 16.8. The van der Waals surface area contributed by atoms with Gasteiger partial charge in [-0.2, -0.15) is 0 Å². The number of ketones is 1. The lowest BCUT2D eigenvalue weighted by atomic mass is 10.1. The Balaban J connectivity index is 1.56. The molecule has 140 valence electrons. The topological polar surface area (TPSA) is 34.9 Å². The molecule has 0 aliphatic heterocycles. The Hall–Kier alpha value is -2.56. The number of Topliss-reactive ketones (excluding diaryl/α,β-unsaturated/α-hetero) is 1. The summed E-state index contributed by atoms with van der Waals surface area (Å²) in [6.45, 7) is 0.813. The van der Waals surface area contributed by atoms with Gasteiger partial charge in [-0.1, -0.05) is 78.0 Å². The fraction of sp³-hybridized carbons (Fsp3) is 0.130. The monoisotopic (exact) mass is 406 g/mol. The van der Waals surface area contributed by atoms with Crippen LogP contribution >= 0.6 is 23.4 Å². The molecule has 0 aliphatic carbocycles. The second-order valence-electron chi connectivity index (χ2n) is 6.46. The van der Waals surface area contributed by atoms with E-state index in [-0.39, 0.29) is 5.78 Å². The van der Waals surface area contributed by atoms with Crippen LogP contribution in [0.2, 0.25) is 5.02 Å². The smallest absolute Gasteiger partial charge is 0.174 e. The van der Waals surface area contributed by atoms with Crippen LogP contribution in [0.25, 0.3) is 11.0 Å². The fourth-order valence-electron chi connectivity index (χ4n) is 3.16. The first-order chi connectivity index (χ1) is 13.7. The highest BCUT2D eigenvalue weighted by atomic mass is 35.5. The Morgan fingerprint density at radius 1 is 0.929 bits per heavy atom. The third-order valence-electron chi connectivity index (χ3n) is 4.59. The second kappa shape index (κ2) is 8.63. The highest BCUT2D eigenvalue weighted by Gasteiger charge is 2.15. The van der Waals surface area contributed by atoms with Crippen LogP contribution in [0.5, 0.6) is 0 Å². The molecule has 0 aliphatic rings. The van der Waals surface area contributed by atoms with E-state index < -0.39 is 0 Å². The standard InChI is InChI=1S/C23H19ClN2OS/c24-19-11-5-4-10-18(19)22(27)16-28-23-25-20-12-6-7-13-21(20)26(23)15-14-17-8-2-1-3-9-17/h1-13H,14-16H2. The maximum absolute atomic E-state index is 12.6. The quantitative estimate of drug-likeness (QED) is 0.283. The van der Waals surface area contributed by atoms with Crippen molar-refractivity contribution in [3.05, 3.63) is 95.0 Å². The van der Waals surface area contributed by atoms with E-state index in [0.29, 0.717) is 16.3 Å². The number of thioether (sulfide) groups is 1. The Labute approximate surface area is 173 Å². The summed E-state index contributed by atoms with van der Waals surface area (Å²) in [5.74, 6) is 0.315. The van der Waals surface area contributed by atoms with Crippen LogP contribution in [0, 0.1) is 0 Å². The molecule has 0 bridgehead atoms. The SMILES string of the molecule is O=C(CSc1nc2ccccc2n1CCc1ccccc1)c1ccccc1Cl. The highest BCUT2D eigenvalue weighted by Crippen LogP contribution is 2.26. The average molecular weight is 407 g/mol. The number of hydrogen-bond donors (Lipinski definition) is 0. The molecule has 0 saturated carbocycles. The van der Waals surface area contributed by atoms with Gasteiger partial charge in [0.25, 0.3) is 0 Å². The van der Waals surface area contributed by atoms with Crippen LogP contribution in [-0.4, -0.2) is 21.1 Å². The largest absolute Gasteiger partial charge is 0.319 e. The molecule has 0 spiro atoms.